The number of benzene rings is 2. The number of aliphatic imine (C=N–C) groups is 1. The Bertz CT molecular complexity index is 1100. The minimum Gasteiger partial charge on any atom is -0.489 e. The van der Waals surface area contributed by atoms with Crippen molar-refractivity contribution in [3.8, 4) is 5.75 Å². The van der Waals surface area contributed by atoms with E-state index in [-0.39, 0.29) is 13.2 Å². The molecule has 2 aromatic carbocycles. The largest absolute Gasteiger partial charge is 0.489 e. The molecule has 8 heteroatoms. The summed E-state index contributed by atoms with van der Waals surface area (Å²) in [6, 6.07) is 11.5. The van der Waals surface area contributed by atoms with Gasteiger partial charge in [0.25, 0.3) is 0 Å². The number of allylic oxidation sites excluding steroid dienone is 1. The van der Waals surface area contributed by atoms with Gasteiger partial charge < -0.3 is 14.4 Å². The highest BCUT2D eigenvalue weighted by Crippen LogP contribution is 2.41. The number of hydrogen-bond donors (Lipinski definition) is 0. The number of nitrogens with zero attached hydrogens (tertiary/aromatic N) is 2. The Morgan fingerprint density at radius 2 is 2.10 bits per heavy atom. The predicted molar refractivity (Wildman–Crippen MR) is 120 cm³/mol. The second kappa shape index (κ2) is 9.16. The summed E-state index contributed by atoms with van der Waals surface area (Å²) < 4.78 is 25.2. The highest BCUT2D eigenvalue weighted by molar-refractivity contribution is 8.16. The van der Waals surface area contributed by atoms with Crippen LogP contribution in [0.3, 0.4) is 0 Å². The third kappa shape index (κ3) is 4.34. The Hall–Kier alpha value is -2.77. The van der Waals surface area contributed by atoms with Crippen LogP contribution in [-0.2, 0) is 16.1 Å². The van der Waals surface area contributed by atoms with Gasteiger partial charge in [-0.25, -0.2) is 14.2 Å². The monoisotopic (exact) mass is 458 g/mol. The lowest BCUT2D eigenvalue weighted by Crippen LogP contribution is -2.34. The number of ether oxygens (including phenoxy) is 2. The average Bonchev–Trinajstić information content (AvgIpc) is 3.20. The molecule has 0 amide bonds. The molecule has 2 aliphatic rings. The topological polar surface area (TPSA) is 51.1 Å². The lowest BCUT2D eigenvalue weighted by atomic mass is 9.94. The summed E-state index contributed by atoms with van der Waals surface area (Å²) >= 11 is 7.59. The number of amidine groups is 1. The van der Waals surface area contributed by atoms with E-state index < -0.39 is 17.8 Å². The van der Waals surface area contributed by atoms with Crippen LogP contribution in [0.5, 0.6) is 5.75 Å². The zero-order valence-corrected chi connectivity index (χ0v) is 18.5. The lowest BCUT2D eigenvalue weighted by Gasteiger charge is -2.33. The fourth-order valence-electron chi connectivity index (χ4n) is 3.50. The van der Waals surface area contributed by atoms with Crippen molar-refractivity contribution in [3.05, 3.63) is 87.3 Å². The first-order valence-electron chi connectivity index (χ1n) is 9.73. The molecule has 160 valence electrons. The minimum atomic E-state index is -0.417. The van der Waals surface area contributed by atoms with Crippen LogP contribution in [0.4, 0.5) is 4.39 Å². The quantitative estimate of drug-likeness (QED) is 0.510. The van der Waals surface area contributed by atoms with Crippen LogP contribution in [0, 0.1) is 5.82 Å². The Balaban J connectivity index is 1.65. The van der Waals surface area contributed by atoms with E-state index >= 15 is 0 Å². The van der Waals surface area contributed by atoms with Crippen molar-refractivity contribution in [2.75, 3.05) is 6.61 Å². The van der Waals surface area contributed by atoms with Crippen LogP contribution in [0.15, 0.2) is 70.3 Å². The van der Waals surface area contributed by atoms with Gasteiger partial charge in [-0.1, -0.05) is 41.6 Å². The molecular formula is C23H20ClFN2O3S. The van der Waals surface area contributed by atoms with Crippen molar-refractivity contribution >= 4 is 34.5 Å². The van der Waals surface area contributed by atoms with E-state index in [9.17, 15) is 9.18 Å². The van der Waals surface area contributed by atoms with Crippen LogP contribution in [0.25, 0.3) is 0 Å². The van der Waals surface area contributed by atoms with Crippen molar-refractivity contribution in [2.45, 2.75) is 26.5 Å². The van der Waals surface area contributed by atoms with Crippen LogP contribution in [-0.4, -0.2) is 22.6 Å². The SMILES string of the molecule is CCOC(=O)C1=C(C)N=C2SC=CN2[C@@H]1c1cccc(OCc2c(F)cccc2Cl)c1. The number of carbonyl (C=O) groups is 1. The number of rotatable bonds is 6. The van der Waals surface area contributed by atoms with Gasteiger partial charge in [-0.05, 0) is 49.1 Å². The average molecular weight is 459 g/mol. The summed E-state index contributed by atoms with van der Waals surface area (Å²) in [5, 5.41) is 3.03. The van der Waals surface area contributed by atoms with E-state index in [0.29, 0.717) is 27.6 Å². The zero-order valence-electron chi connectivity index (χ0n) is 17.0. The van der Waals surface area contributed by atoms with Gasteiger partial charge in [0.1, 0.15) is 18.2 Å². The summed E-state index contributed by atoms with van der Waals surface area (Å²) in [5.41, 5.74) is 2.23. The Morgan fingerprint density at radius 1 is 1.29 bits per heavy atom. The maximum absolute atomic E-state index is 14.1. The van der Waals surface area contributed by atoms with Crippen molar-refractivity contribution in [3.63, 3.8) is 0 Å². The van der Waals surface area contributed by atoms with Crippen molar-refractivity contribution in [1.29, 1.82) is 0 Å². The van der Waals surface area contributed by atoms with Gasteiger partial charge >= 0.3 is 5.97 Å². The molecule has 1 atom stereocenters. The second-order valence-electron chi connectivity index (χ2n) is 6.89. The maximum Gasteiger partial charge on any atom is 0.338 e. The number of carbonyl (C=O) groups excluding carboxylic acids is 1. The number of hydrogen-bond acceptors (Lipinski definition) is 6. The van der Waals surface area contributed by atoms with Gasteiger partial charge in [-0.2, -0.15) is 0 Å². The summed E-state index contributed by atoms with van der Waals surface area (Å²) in [5.74, 6) is -0.278. The van der Waals surface area contributed by atoms with Crippen molar-refractivity contribution in [2.24, 2.45) is 4.99 Å². The molecule has 0 bridgehead atoms. The van der Waals surface area contributed by atoms with Gasteiger partial charge in [0.05, 0.1) is 28.9 Å². The van der Waals surface area contributed by atoms with Gasteiger partial charge in [0, 0.05) is 11.8 Å². The van der Waals surface area contributed by atoms with Crippen LogP contribution in [0.2, 0.25) is 5.02 Å². The molecule has 0 fully saturated rings. The first-order valence-corrected chi connectivity index (χ1v) is 11.0. The van der Waals surface area contributed by atoms with E-state index in [1.165, 1.54) is 17.8 Å². The van der Waals surface area contributed by atoms with Gasteiger partial charge in [0.2, 0.25) is 0 Å². The molecule has 31 heavy (non-hydrogen) atoms. The smallest absolute Gasteiger partial charge is 0.338 e. The molecule has 2 aliphatic heterocycles. The molecule has 0 radical (unpaired) electrons. The van der Waals surface area contributed by atoms with E-state index in [2.05, 4.69) is 4.99 Å². The zero-order chi connectivity index (χ0) is 22.0. The number of halogens is 2. The molecule has 0 spiro atoms. The summed E-state index contributed by atoms with van der Waals surface area (Å²) in [7, 11) is 0. The van der Waals surface area contributed by atoms with Crippen molar-refractivity contribution < 1.29 is 18.7 Å². The molecular weight excluding hydrogens is 439 g/mol. The van der Waals surface area contributed by atoms with Gasteiger partial charge in [-0.3, -0.25) is 0 Å². The molecule has 0 aliphatic carbocycles. The van der Waals surface area contributed by atoms with E-state index in [1.807, 2.05) is 41.6 Å². The molecule has 2 aromatic rings. The molecule has 0 aromatic heterocycles. The maximum atomic E-state index is 14.1. The summed E-state index contributed by atoms with van der Waals surface area (Å²) in [6.45, 7) is 3.85. The van der Waals surface area contributed by atoms with E-state index in [1.54, 1.807) is 25.1 Å². The van der Waals surface area contributed by atoms with Crippen molar-refractivity contribution in [1.82, 2.24) is 4.90 Å². The highest BCUT2D eigenvalue weighted by atomic mass is 35.5. The molecule has 0 saturated heterocycles. The number of esters is 1. The highest BCUT2D eigenvalue weighted by Gasteiger charge is 2.37. The number of fused-ring (bicyclic) bond motifs is 1. The normalized spacial score (nSPS) is 17.5. The lowest BCUT2D eigenvalue weighted by molar-refractivity contribution is -0.139. The third-order valence-electron chi connectivity index (χ3n) is 4.93. The van der Waals surface area contributed by atoms with Gasteiger partial charge in [-0.15, -0.1) is 0 Å². The van der Waals surface area contributed by atoms with Crippen LogP contribution in [0.1, 0.15) is 31.0 Å². The first kappa shape index (κ1) is 21.5. The molecule has 0 N–H and O–H groups in total. The fraction of sp³-hybridized carbons (Fsp3) is 0.217. The third-order valence-corrected chi connectivity index (χ3v) is 6.06. The van der Waals surface area contributed by atoms with E-state index in [0.717, 1.165) is 10.7 Å². The summed E-state index contributed by atoms with van der Waals surface area (Å²) in [4.78, 5) is 19.3. The second-order valence-corrected chi connectivity index (χ2v) is 8.17. The van der Waals surface area contributed by atoms with E-state index in [4.69, 9.17) is 21.1 Å². The van der Waals surface area contributed by atoms with Crippen LogP contribution < -0.4 is 4.74 Å². The standard InChI is InChI=1S/C23H20ClFN2O3S/c1-3-29-22(28)20-14(2)26-23-27(10-11-31-23)21(20)15-6-4-7-16(12-15)30-13-17-18(24)8-5-9-19(17)25/h4-12,21H,3,13H2,1-2H3/t21-/m1/s1. The Morgan fingerprint density at radius 3 is 2.87 bits per heavy atom. The molecule has 5 nitrogen and oxygen atoms in total. The molecule has 0 saturated carbocycles. The number of thioether (sulfide) groups is 1. The molecule has 2 heterocycles. The van der Waals surface area contributed by atoms with Gasteiger partial charge in [0.15, 0.2) is 5.17 Å². The Labute approximate surface area is 189 Å². The Kier molecular flexibility index (Phi) is 6.34. The fourth-order valence-corrected chi connectivity index (χ4v) is 4.51. The molecule has 0 unspecified atom stereocenters. The summed E-state index contributed by atoms with van der Waals surface area (Å²) in [6.07, 6.45) is 1.90. The predicted octanol–water partition coefficient (Wildman–Crippen LogP) is 5.83. The van der Waals surface area contributed by atoms with Crippen LogP contribution >= 0.6 is 23.4 Å². The molecule has 4 rings (SSSR count). The first-order chi connectivity index (χ1) is 15.0. The minimum absolute atomic E-state index is 0.00853.